The number of nitrogens with zero attached hydrogens (tertiary/aromatic N) is 1. The number of hydrogen-bond donors (Lipinski definition) is 2. The van der Waals surface area contributed by atoms with E-state index in [-0.39, 0.29) is 5.91 Å². The summed E-state index contributed by atoms with van der Waals surface area (Å²) in [5.74, 6) is 0.550. The predicted molar refractivity (Wildman–Crippen MR) is 83.1 cm³/mol. The van der Waals surface area contributed by atoms with Crippen LogP contribution in [0.25, 0.3) is 0 Å². The van der Waals surface area contributed by atoms with Crippen molar-refractivity contribution in [2.45, 2.75) is 26.2 Å². The first kappa shape index (κ1) is 16.3. The van der Waals surface area contributed by atoms with Gasteiger partial charge in [0.1, 0.15) is 5.75 Å². The van der Waals surface area contributed by atoms with E-state index in [0.717, 1.165) is 13.0 Å². The Morgan fingerprint density at radius 2 is 2.15 bits per heavy atom. The molecule has 0 aliphatic rings. The van der Waals surface area contributed by atoms with Crippen molar-refractivity contribution >= 4 is 17.3 Å². The van der Waals surface area contributed by atoms with Gasteiger partial charge < -0.3 is 15.8 Å². The number of likely N-dealkylation sites (N-methyl/N-ethyl adjacent to an activating group) is 1. The Morgan fingerprint density at radius 1 is 1.40 bits per heavy atom. The monoisotopic (exact) mass is 279 g/mol. The van der Waals surface area contributed by atoms with E-state index in [1.807, 2.05) is 11.9 Å². The predicted octanol–water partition coefficient (Wildman–Crippen LogP) is 2.34. The first-order valence-corrected chi connectivity index (χ1v) is 6.98. The van der Waals surface area contributed by atoms with Crippen molar-refractivity contribution in [3.05, 3.63) is 18.2 Å². The smallest absolute Gasteiger partial charge is 0.238 e. The number of ether oxygens (including phenoxy) is 1. The fourth-order valence-electron chi connectivity index (χ4n) is 1.97. The van der Waals surface area contributed by atoms with Gasteiger partial charge in [-0.1, -0.05) is 19.8 Å². The number of rotatable bonds is 8. The number of methoxy groups -OCH3 is 1. The van der Waals surface area contributed by atoms with E-state index >= 15 is 0 Å². The molecule has 0 heterocycles. The second-order valence-electron chi connectivity index (χ2n) is 4.95. The van der Waals surface area contributed by atoms with Crippen LogP contribution in [0.15, 0.2) is 18.2 Å². The minimum atomic E-state index is -0.0621. The molecule has 1 aromatic rings. The van der Waals surface area contributed by atoms with Gasteiger partial charge in [0.2, 0.25) is 5.91 Å². The number of unbranched alkanes of at least 4 members (excludes halogenated alkanes) is 2. The Morgan fingerprint density at radius 3 is 2.80 bits per heavy atom. The zero-order valence-electron chi connectivity index (χ0n) is 12.6. The summed E-state index contributed by atoms with van der Waals surface area (Å²) in [6.45, 7) is 3.45. The minimum Gasteiger partial charge on any atom is -0.495 e. The number of nitrogens with two attached hydrogens (primary N) is 1. The van der Waals surface area contributed by atoms with Gasteiger partial charge in [-0.25, -0.2) is 0 Å². The molecular weight excluding hydrogens is 254 g/mol. The third-order valence-corrected chi connectivity index (χ3v) is 3.05. The SMILES string of the molecule is CCCCCN(C)CC(=O)Nc1cc(N)ccc1OC. The van der Waals surface area contributed by atoms with Crippen molar-refractivity contribution in [2.24, 2.45) is 0 Å². The van der Waals surface area contributed by atoms with Gasteiger partial charge in [0.15, 0.2) is 0 Å². The molecule has 1 aromatic carbocycles. The maximum atomic E-state index is 12.0. The highest BCUT2D eigenvalue weighted by molar-refractivity contribution is 5.94. The molecule has 1 amide bonds. The van der Waals surface area contributed by atoms with Gasteiger partial charge >= 0.3 is 0 Å². The van der Waals surface area contributed by atoms with Crippen molar-refractivity contribution in [3.8, 4) is 5.75 Å². The molecule has 0 aliphatic heterocycles. The lowest BCUT2D eigenvalue weighted by Gasteiger charge is -2.17. The zero-order chi connectivity index (χ0) is 15.0. The van der Waals surface area contributed by atoms with Gasteiger partial charge in [0, 0.05) is 5.69 Å². The van der Waals surface area contributed by atoms with Gasteiger partial charge in [-0.05, 0) is 38.2 Å². The lowest BCUT2D eigenvalue weighted by atomic mass is 10.2. The largest absolute Gasteiger partial charge is 0.495 e. The molecule has 0 saturated carbocycles. The van der Waals surface area contributed by atoms with Gasteiger partial charge in [-0.3, -0.25) is 9.69 Å². The molecule has 0 bridgehead atoms. The van der Waals surface area contributed by atoms with E-state index in [4.69, 9.17) is 10.5 Å². The van der Waals surface area contributed by atoms with E-state index in [2.05, 4.69) is 12.2 Å². The number of hydrogen-bond acceptors (Lipinski definition) is 4. The molecule has 3 N–H and O–H groups in total. The molecule has 20 heavy (non-hydrogen) atoms. The summed E-state index contributed by atoms with van der Waals surface area (Å²) < 4.78 is 5.20. The van der Waals surface area contributed by atoms with Crippen molar-refractivity contribution in [1.29, 1.82) is 0 Å². The molecule has 0 aromatic heterocycles. The molecule has 0 atom stereocenters. The van der Waals surface area contributed by atoms with Gasteiger partial charge in [-0.2, -0.15) is 0 Å². The third kappa shape index (κ3) is 5.48. The summed E-state index contributed by atoms with van der Waals surface area (Å²) in [6.07, 6.45) is 3.48. The molecule has 0 saturated heterocycles. The van der Waals surface area contributed by atoms with Gasteiger partial charge in [0.05, 0.1) is 19.3 Å². The Labute approximate surface area is 121 Å². The third-order valence-electron chi connectivity index (χ3n) is 3.05. The second-order valence-corrected chi connectivity index (χ2v) is 4.95. The van der Waals surface area contributed by atoms with Crippen molar-refractivity contribution < 1.29 is 9.53 Å². The van der Waals surface area contributed by atoms with Crippen LogP contribution in [-0.2, 0) is 4.79 Å². The van der Waals surface area contributed by atoms with Crippen molar-refractivity contribution in [1.82, 2.24) is 4.90 Å². The number of nitrogen functional groups attached to an aromatic ring is 1. The molecule has 0 aliphatic carbocycles. The average molecular weight is 279 g/mol. The summed E-state index contributed by atoms with van der Waals surface area (Å²) in [5.41, 5.74) is 6.93. The second kappa shape index (κ2) is 8.43. The molecular formula is C15H25N3O2. The van der Waals surface area contributed by atoms with Crippen LogP contribution < -0.4 is 15.8 Å². The van der Waals surface area contributed by atoms with E-state index in [9.17, 15) is 4.79 Å². The summed E-state index contributed by atoms with van der Waals surface area (Å²) in [5, 5.41) is 2.84. The number of benzene rings is 1. The quantitative estimate of drug-likeness (QED) is 0.566. The van der Waals surface area contributed by atoms with Crippen molar-refractivity contribution in [3.63, 3.8) is 0 Å². The van der Waals surface area contributed by atoms with E-state index in [0.29, 0.717) is 23.7 Å². The average Bonchev–Trinajstić information content (AvgIpc) is 2.39. The standard InChI is InChI=1S/C15H25N3O2/c1-4-5-6-9-18(2)11-15(19)17-13-10-12(16)7-8-14(13)20-3/h7-8,10H,4-6,9,11,16H2,1-3H3,(H,17,19). The first-order chi connectivity index (χ1) is 9.56. The highest BCUT2D eigenvalue weighted by Crippen LogP contribution is 2.26. The van der Waals surface area contributed by atoms with Crippen LogP contribution in [0.3, 0.4) is 0 Å². The molecule has 112 valence electrons. The molecule has 1 rings (SSSR count). The van der Waals surface area contributed by atoms with E-state index in [1.54, 1.807) is 25.3 Å². The topological polar surface area (TPSA) is 67.6 Å². The molecule has 0 spiro atoms. The highest BCUT2D eigenvalue weighted by Gasteiger charge is 2.10. The van der Waals surface area contributed by atoms with Gasteiger partial charge in [-0.15, -0.1) is 0 Å². The summed E-state index contributed by atoms with van der Waals surface area (Å²) in [4.78, 5) is 14.0. The van der Waals surface area contributed by atoms with E-state index in [1.165, 1.54) is 12.8 Å². The summed E-state index contributed by atoms with van der Waals surface area (Å²) in [6, 6.07) is 5.19. The van der Waals surface area contributed by atoms with Crippen LogP contribution in [-0.4, -0.2) is 38.1 Å². The van der Waals surface area contributed by atoms with Crippen LogP contribution in [0.1, 0.15) is 26.2 Å². The lowest BCUT2D eigenvalue weighted by molar-refractivity contribution is -0.117. The Kier molecular flexibility index (Phi) is 6.87. The Bertz CT molecular complexity index is 435. The fraction of sp³-hybridized carbons (Fsp3) is 0.533. The van der Waals surface area contributed by atoms with E-state index < -0.39 is 0 Å². The molecule has 5 heteroatoms. The number of amides is 1. The Balaban J connectivity index is 2.51. The zero-order valence-corrected chi connectivity index (χ0v) is 12.6. The summed E-state index contributed by atoms with van der Waals surface area (Å²) >= 11 is 0. The number of nitrogens with one attached hydrogen (secondary N) is 1. The van der Waals surface area contributed by atoms with Gasteiger partial charge in [0.25, 0.3) is 0 Å². The normalized spacial score (nSPS) is 10.6. The highest BCUT2D eigenvalue weighted by atomic mass is 16.5. The maximum absolute atomic E-state index is 12.0. The molecule has 0 unspecified atom stereocenters. The lowest BCUT2D eigenvalue weighted by Crippen LogP contribution is -2.31. The van der Waals surface area contributed by atoms with Crippen LogP contribution >= 0.6 is 0 Å². The molecule has 5 nitrogen and oxygen atoms in total. The maximum Gasteiger partial charge on any atom is 0.238 e. The minimum absolute atomic E-state index is 0.0621. The fourth-order valence-corrected chi connectivity index (χ4v) is 1.97. The van der Waals surface area contributed by atoms with Crippen LogP contribution in [0.2, 0.25) is 0 Å². The van der Waals surface area contributed by atoms with Crippen LogP contribution in [0, 0.1) is 0 Å². The first-order valence-electron chi connectivity index (χ1n) is 6.98. The summed E-state index contributed by atoms with van der Waals surface area (Å²) in [7, 11) is 3.52. The molecule has 0 fully saturated rings. The van der Waals surface area contributed by atoms with Crippen LogP contribution in [0.5, 0.6) is 5.75 Å². The number of anilines is 2. The Hall–Kier alpha value is -1.75. The number of carbonyl (C=O) groups excluding carboxylic acids is 1. The van der Waals surface area contributed by atoms with Crippen LogP contribution in [0.4, 0.5) is 11.4 Å². The number of carbonyl (C=O) groups is 1. The molecule has 0 radical (unpaired) electrons. The van der Waals surface area contributed by atoms with Crippen molar-refractivity contribution in [2.75, 3.05) is 38.3 Å².